The van der Waals surface area contributed by atoms with Gasteiger partial charge in [0, 0.05) is 6.04 Å². The zero-order valence-corrected chi connectivity index (χ0v) is 9.86. The molecule has 0 aromatic heterocycles. The highest BCUT2D eigenvalue weighted by Gasteiger charge is 2.31. The van der Waals surface area contributed by atoms with Gasteiger partial charge in [-0.15, -0.1) is 0 Å². The van der Waals surface area contributed by atoms with E-state index in [4.69, 9.17) is 5.26 Å². The van der Waals surface area contributed by atoms with Gasteiger partial charge >= 0.3 is 0 Å². The van der Waals surface area contributed by atoms with Crippen LogP contribution in [0.25, 0.3) is 0 Å². The lowest BCUT2D eigenvalue weighted by Crippen LogP contribution is -2.41. The standard InChI is InChI=1S/C10H18N2OS/c1-10(2,3)14(13)12-9-6-4-5-8(9)7-11/h8-9,12H,4-6H2,1-3H3/t8-,9+,14-/m1/s1. The molecule has 4 heteroatoms. The largest absolute Gasteiger partial charge is 0.242 e. The van der Waals surface area contributed by atoms with Crippen LogP contribution in [0.1, 0.15) is 40.0 Å². The highest BCUT2D eigenvalue weighted by atomic mass is 32.2. The smallest absolute Gasteiger partial charge is 0.0973 e. The van der Waals surface area contributed by atoms with Crippen molar-refractivity contribution in [1.29, 1.82) is 5.26 Å². The fourth-order valence-electron chi connectivity index (χ4n) is 1.57. The first-order valence-electron chi connectivity index (χ1n) is 5.03. The molecule has 0 radical (unpaired) electrons. The zero-order valence-electron chi connectivity index (χ0n) is 9.04. The maximum atomic E-state index is 11.8. The molecule has 0 bridgehead atoms. The average molecular weight is 214 g/mol. The van der Waals surface area contributed by atoms with Crippen molar-refractivity contribution in [3.63, 3.8) is 0 Å². The highest BCUT2D eigenvalue weighted by molar-refractivity contribution is 7.84. The number of hydrogen-bond acceptors (Lipinski definition) is 2. The van der Waals surface area contributed by atoms with E-state index in [0.29, 0.717) is 0 Å². The van der Waals surface area contributed by atoms with E-state index in [9.17, 15) is 4.21 Å². The van der Waals surface area contributed by atoms with Gasteiger partial charge in [-0.2, -0.15) is 5.26 Å². The first kappa shape index (κ1) is 11.7. The Bertz CT molecular complexity index is 264. The molecular formula is C10H18N2OS. The van der Waals surface area contributed by atoms with Crippen molar-refractivity contribution >= 4 is 11.0 Å². The first-order chi connectivity index (χ1) is 6.45. The third-order valence-electron chi connectivity index (χ3n) is 2.50. The minimum atomic E-state index is -1.05. The van der Waals surface area contributed by atoms with E-state index in [0.717, 1.165) is 19.3 Å². The van der Waals surface area contributed by atoms with Gasteiger partial charge in [0.2, 0.25) is 0 Å². The molecule has 0 spiro atoms. The van der Waals surface area contributed by atoms with Gasteiger partial charge in [-0.1, -0.05) is 6.42 Å². The number of nitriles is 1. The van der Waals surface area contributed by atoms with E-state index in [2.05, 4.69) is 10.8 Å². The van der Waals surface area contributed by atoms with E-state index in [1.165, 1.54) is 0 Å². The topological polar surface area (TPSA) is 52.9 Å². The fourth-order valence-corrected chi connectivity index (χ4v) is 2.48. The summed E-state index contributed by atoms with van der Waals surface area (Å²) in [6.07, 6.45) is 2.98. The molecule has 14 heavy (non-hydrogen) atoms. The van der Waals surface area contributed by atoms with Crippen molar-refractivity contribution in [1.82, 2.24) is 4.72 Å². The fraction of sp³-hybridized carbons (Fsp3) is 0.900. The van der Waals surface area contributed by atoms with Crippen LogP contribution in [-0.4, -0.2) is 15.0 Å². The summed E-state index contributed by atoms with van der Waals surface area (Å²) in [5, 5.41) is 8.86. The lowest BCUT2D eigenvalue weighted by atomic mass is 10.1. The van der Waals surface area contributed by atoms with Gasteiger partial charge in [0.15, 0.2) is 0 Å². The van der Waals surface area contributed by atoms with E-state index in [1.807, 2.05) is 20.8 Å². The summed E-state index contributed by atoms with van der Waals surface area (Å²) in [6.45, 7) is 5.81. The molecule has 1 N–H and O–H groups in total. The molecule has 0 unspecified atom stereocenters. The summed E-state index contributed by atoms with van der Waals surface area (Å²) in [6, 6.07) is 2.40. The van der Waals surface area contributed by atoms with Gasteiger partial charge in [-0.25, -0.2) is 8.93 Å². The van der Waals surface area contributed by atoms with Crippen molar-refractivity contribution in [3.05, 3.63) is 0 Å². The van der Waals surface area contributed by atoms with E-state index >= 15 is 0 Å². The van der Waals surface area contributed by atoms with Gasteiger partial charge in [0.1, 0.15) is 0 Å². The highest BCUT2D eigenvalue weighted by Crippen LogP contribution is 2.26. The Morgan fingerprint density at radius 3 is 2.57 bits per heavy atom. The zero-order chi connectivity index (χ0) is 10.8. The Morgan fingerprint density at radius 1 is 1.43 bits per heavy atom. The van der Waals surface area contributed by atoms with Crippen LogP contribution < -0.4 is 4.72 Å². The second kappa shape index (κ2) is 4.41. The summed E-state index contributed by atoms with van der Waals surface area (Å²) in [7, 11) is -1.05. The Hall–Kier alpha value is -0.400. The van der Waals surface area contributed by atoms with E-state index < -0.39 is 11.0 Å². The molecule has 0 saturated heterocycles. The van der Waals surface area contributed by atoms with Crippen LogP contribution in [0.5, 0.6) is 0 Å². The summed E-state index contributed by atoms with van der Waals surface area (Å²) in [4.78, 5) is 0. The molecule has 80 valence electrons. The number of nitrogens with zero attached hydrogens (tertiary/aromatic N) is 1. The molecule has 0 amide bonds. The van der Waals surface area contributed by atoms with Crippen LogP contribution in [0, 0.1) is 17.2 Å². The van der Waals surface area contributed by atoms with Crippen LogP contribution >= 0.6 is 0 Å². The van der Waals surface area contributed by atoms with E-state index in [-0.39, 0.29) is 16.7 Å². The quantitative estimate of drug-likeness (QED) is 0.761. The Labute approximate surface area is 88.5 Å². The van der Waals surface area contributed by atoms with Crippen LogP contribution in [0.15, 0.2) is 0 Å². The molecule has 1 fully saturated rings. The van der Waals surface area contributed by atoms with Crippen molar-refractivity contribution in [2.45, 2.75) is 50.8 Å². The summed E-state index contributed by atoms with van der Waals surface area (Å²) in [5.41, 5.74) is 0. The Kier molecular flexibility index (Phi) is 3.68. The van der Waals surface area contributed by atoms with Gasteiger partial charge in [0.05, 0.1) is 27.7 Å². The van der Waals surface area contributed by atoms with Crippen LogP contribution in [0.4, 0.5) is 0 Å². The van der Waals surface area contributed by atoms with Crippen molar-refractivity contribution in [2.75, 3.05) is 0 Å². The van der Waals surface area contributed by atoms with Crippen LogP contribution in [0.2, 0.25) is 0 Å². The molecule has 0 heterocycles. The summed E-state index contributed by atoms with van der Waals surface area (Å²) in [5.74, 6) is 0.0429. The van der Waals surface area contributed by atoms with Gasteiger partial charge in [-0.05, 0) is 33.6 Å². The van der Waals surface area contributed by atoms with Crippen molar-refractivity contribution in [2.24, 2.45) is 5.92 Å². The predicted octanol–water partition coefficient (Wildman–Crippen LogP) is 1.73. The number of nitrogens with one attached hydrogen (secondary N) is 1. The van der Waals surface area contributed by atoms with E-state index in [1.54, 1.807) is 0 Å². The maximum Gasteiger partial charge on any atom is 0.0973 e. The monoisotopic (exact) mass is 214 g/mol. The second-order valence-corrected chi connectivity index (χ2v) is 6.77. The van der Waals surface area contributed by atoms with Crippen LogP contribution in [0.3, 0.4) is 0 Å². The second-order valence-electron chi connectivity index (χ2n) is 4.77. The molecule has 1 aliphatic carbocycles. The third kappa shape index (κ3) is 2.79. The lowest BCUT2D eigenvalue weighted by molar-refractivity contribution is 0.535. The summed E-state index contributed by atoms with van der Waals surface area (Å²) >= 11 is 0. The van der Waals surface area contributed by atoms with Crippen molar-refractivity contribution < 1.29 is 4.21 Å². The minimum absolute atomic E-state index is 0.0429. The normalized spacial score (nSPS) is 29.9. The molecule has 0 aromatic rings. The van der Waals surface area contributed by atoms with Gasteiger partial charge in [-0.3, -0.25) is 0 Å². The number of hydrogen-bond donors (Lipinski definition) is 1. The molecule has 3 atom stereocenters. The molecule has 1 aliphatic rings. The first-order valence-corrected chi connectivity index (χ1v) is 6.18. The van der Waals surface area contributed by atoms with Crippen LogP contribution in [-0.2, 0) is 11.0 Å². The molecular weight excluding hydrogens is 196 g/mol. The third-order valence-corrected chi connectivity index (χ3v) is 4.13. The Balaban J connectivity index is 2.53. The van der Waals surface area contributed by atoms with Crippen molar-refractivity contribution in [3.8, 4) is 6.07 Å². The van der Waals surface area contributed by atoms with Gasteiger partial charge in [0.25, 0.3) is 0 Å². The molecule has 1 rings (SSSR count). The molecule has 1 saturated carbocycles. The summed E-state index contributed by atoms with van der Waals surface area (Å²) < 4.78 is 14.6. The predicted molar refractivity (Wildman–Crippen MR) is 57.8 cm³/mol. The molecule has 0 aliphatic heterocycles. The SMILES string of the molecule is CC(C)(C)[S@@](=O)N[C@H]1CCC[C@@H]1C#N. The minimum Gasteiger partial charge on any atom is -0.242 e. The maximum absolute atomic E-state index is 11.8. The Morgan fingerprint density at radius 2 is 2.07 bits per heavy atom. The average Bonchev–Trinajstić information content (AvgIpc) is 2.50. The lowest BCUT2D eigenvalue weighted by Gasteiger charge is -2.22. The molecule has 3 nitrogen and oxygen atoms in total. The molecule has 0 aromatic carbocycles. The van der Waals surface area contributed by atoms with Gasteiger partial charge < -0.3 is 0 Å². The number of rotatable bonds is 2.